The Morgan fingerprint density at radius 2 is 2.26 bits per heavy atom. The molecule has 0 amide bonds. The Balaban J connectivity index is 2.46. The van der Waals surface area contributed by atoms with E-state index in [4.69, 9.17) is 10.5 Å². The number of nitrogens with two attached hydrogens (primary N) is 1. The lowest BCUT2D eigenvalue weighted by Crippen LogP contribution is -2.47. The van der Waals surface area contributed by atoms with E-state index in [0.29, 0.717) is 23.9 Å². The minimum absolute atomic E-state index is 0.206. The van der Waals surface area contributed by atoms with E-state index < -0.39 is 15.2 Å². The van der Waals surface area contributed by atoms with Crippen molar-refractivity contribution in [2.45, 2.75) is 5.37 Å². The molecule has 2 heterocycles. The van der Waals surface area contributed by atoms with E-state index in [1.165, 1.54) is 19.7 Å². The van der Waals surface area contributed by atoms with E-state index in [1.54, 1.807) is 16.7 Å². The van der Waals surface area contributed by atoms with Crippen molar-refractivity contribution in [3.63, 3.8) is 0 Å². The third-order valence-electron chi connectivity index (χ3n) is 2.87. The number of methoxy groups -OCH3 is 1. The normalized spacial score (nSPS) is 20.3. The van der Waals surface area contributed by atoms with Crippen molar-refractivity contribution in [1.82, 2.24) is 9.97 Å². The van der Waals surface area contributed by atoms with Crippen LogP contribution in [0.2, 0.25) is 0 Å². The summed E-state index contributed by atoms with van der Waals surface area (Å²) in [6.45, 7) is 0.579. The summed E-state index contributed by atoms with van der Waals surface area (Å²) >= 11 is 1.61. The number of ether oxygens (including phenoxy) is 1. The van der Waals surface area contributed by atoms with Crippen LogP contribution >= 0.6 is 11.8 Å². The summed E-state index contributed by atoms with van der Waals surface area (Å²) in [7, 11) is -1.75. The zero-order valence-electron chi connectivity index (χ0n) is 10.7. The Hall–Kier alpha value is -1.22. The van der Waals surface area contributed by atoms with Gasteiger partial charge in [-0.15, -0.1) is 0 Å². The zero-order valence-corrected chi connectivity index (χ0v) is 12.4. The number of anilines is 2. The fraction of sp³-hybridized carbons (Fsp3) is 0.600. The van der Waals surface area contributed by atoms with Gasteiger partial charge in [0.2, 0.25) is 5.75 Å². The van der Waals surface area contributed by atoms with Gasteiger partial charge in [-0.05, 0) is 0 Å². The highest BCUT2D eigenvalue weighted by Crippen LogP contribution is 2.34. The largest absolute Gasteiger partial charge is 0.490 e. The Morgan fingerprint density at radius 3 is 2.89 bits per heavy atom. The van der Waals surface area contributed by atoms with Crippen molar-refractivity contribution in [2.24, 2.45) is 0 Å². The molecule has 1 aromatic heterocycles. The van der Waals surface area contributed by atoms with Crippen molar-refractivity contribution in [3.05, 3.63) is 6.33 Å². The van der Waals surface area contributed by atoms with E-state index >= 15 is 0 Å². The van der Waals surface area contributed by atoms with E-state index in [2.05, 4.69) is 9.97 Å². The topological polar surface area (TPSA) is 98.4 Å². The third-order valence-corrected chi connectivity index (χ3v) is 5.51. The second kappa shape index (κ2) is 5.41. The summed E-state index contributed by atoms with van der Waals surface area (Å²) in [5.74, 6) is 2.30. The standard InChI is InChI=1S/C10H16N4O3S2/c1-17-8-9(11)12-6-13-10(8)14-3-4-18-5-7(14)19(2,15)16/h6-7H,3-5H2,1-2H3,(H2,11,12,13). The monoisotopic (exact) mass is 304 g/mol. The lowest BCUT2D eigenvalue weighted by Gasteiger charge is -2.35. The van der Waals surface area contributed by atoms with Gasteiger partial charge in [0.25, 0.3) is 0 Å². The smallest absolute Gasteiger partial charge is 0.204 e. The molecule has 1 fully saturated rings. The maximum Gasteiger partial charge on any atom is 0.204 e. The number of nitrogens with zero attached hydrogens (tertiary/aromatic N) is 3. The summed E-state index contributed by atoms with van der Waals surface area (Å²) in [5, 5.41) is -0.616. The molecule has 0 aliphatic carbocycles. The second-order valence-corrected chi connectivity index (χ2v) is 7.52. The highest BCUT2D eigenvalue weighted by molar-refractivity contribution is 8.01. The Bertz CT molecular complexity index is 564. The first-order valence-electron chi connectivity index (χ1n) is 5.63. The van der Waals surface area contributed by atoms with Crippen LogP contribution in [0.15, 0.2) is 6.33 Å². The first kappa shape index (κ1) is 14.2. The molecular weight excluding hydrogens is 288 g/mol. The average molecular weight is 304 g/mol. The van der Waals surface area contributed by atoms with Crippen LogP contribution in [-0.2, 0) is 9.84 Å². The molecule has 0 aromatic carbocycles. The molecule has 1 aliphatic rings. The molecule has 106 valence electrons. The molecule has 1 unspecified atom stereocenters. The van der Waals surface area contributed by atoms with Gasteiger partial charge in [0, 0.05) is 24.3 Å². The molecule has 0 bridgehead atoms. The van der Waals surface area contributed by atoms with Crippen molar-refractivity contribution in [3.8, 4) is 5.75 Å². The number of sulfone groups is 1. The predicted octanol–water partition coefficient (Wildman–Crippen LogP) is -0.00870. The van der Waals surface area contributed by atoms with Crippen LogP contribution in [0, 0.1) is 0 Å². The number of thioether (sulfide) groups is 1. The maximum absolute atomic E-state index is 11.9. The fourth-order valence-corrected chi connectivity index (χ4v) is 4.78. The van der Waals surface area contributed by atoms with Crippen molar-refractivity contribution < 1.29 is 13.2 Å². The van der Waals surface area contributed by atoms with E-state index in [-0.39, 0.29) is 5.82 Å². The van der Waals surface area contributed by atoms with Gasteiger partial charge < -0.3 is 15.4 Å². The minimum Gasteiger partial charge on any atom is -0.490 e. The van der Waals surface area contributed by atoms with Crippen molar-refractivity contribution in [1.29, 1.82) is 0 Å². The highest BCUT2D eigenvalue weighted by atomic mass is 32.2. The molecule has 1 saturated heterocycles. The van der Waals surface area contributed by atoms with Gasteiger partial charge in [0.1, 0.15) is 11.7 Å². The number of rotatable bonds is 3. The summed E-state index contributed by atoms with van der Waals surface area (Å²) in [6.07, 6.45) is 2.54. The quantitative estimate of drug-likeness (QED) is 0.832. The van der Waals surface area contributed by atoms with Crippen molar-refractivity contribution in [2.75, 3.05) is 42.0 Å². The van der Waals surface area contributed by atoms with Crippen LogP contribution in [0.25, 0.3) is 0 Å². The lowest BCUT2D eigenvalue weighted by atomic mass is 10.4. The summed E-state index contributed by atoms with van der Waals surface area (Å²) in [6, 6.07) is 0. The number of hydrogen-bond donors (Lipinski definition) is 1. The molecule has 19 heavy (non-hydrogen) atoms. The van der Waals surface area contributed by atoms with Crippen LogP contribution in [0.3, 0.4) is 0 Å². The first-order valence-corrected chi connectivity index (χ1v) is 8.73. The van der Waals surface area contributed by atoms with Crippen LogP contribution in [0.1, 0.15) is 0 Å². The molecule has 2 N–H and O–H groups in total. The molecule has 7 nitrogen and oxygen atoms in total. The van der Waals surface area contributed by atoms with E-state index in [1.807, 2.05) is 0 Å². The van der Waals surface area contributed by atoms with E-state index in [9.17, 15) is 8.42 Å². The Labute approximate surface area is 116 Å². The predicted molar refractivity (Wildman–Crippen MR) is 76.3 cm³/mol. The van der Waals surface area contributed by atoms with Gasteiger partial charge in [0.05, 0.1) is 7.11 Å². The van der Waals surface area contributed by atoms with Gasteiger partial charge in [-0.25, -0.2) is 18.4 Å². The Kier molecular flexibility index (Phi) is 4.04. The van der Waals surface area contributed by atoms with E-state index in [0.717, 1.165) is 5.75 Å². The molecule has 0 spiro atoms. The first-order chi connectivity index (χ1) is 8.95. The van der Waals surface area contributed by atoms with Gasteiger partial charge in [-0.1, -0.05) is 0 Å². The van der Waals surface area contributed by atoms with Gasteiger partial charge >= 0.3 is 0 Å². The summed E-state index contributed by atoms with van der Waals surface area (Å²) in [5.41, 5.74) is 5.74. The van der Waals surface area contributed by atoms with Crippen LogP contribution in [-0.4, -0.2) is 55.2 Å². The molecule has 2 rings (SSSR count). The molecule has 1 aliphatic heterocycles. The summed E-state index contributed by atoms with van der Waals surface area (Å²) in [4.78, 5) is 9.71. The fourth-order valence-electron chi connectivity index (χ4n) is 1.96. The third kappa shape index (κ3) is 2.86. The van der Waals surface area contributed by atoms with Crippen molar-refractivity contribution >= 4 is 33.2 Å². The van der Waals surface area contributed by atoms with Crippen LogP contribution in [0.4, 0.5) is 11.6 Å². The van der Waals surface area contributed by atoms with Gasteiger partial charge in [-0.3, -0.25) is 0 Å². The number of aromatic nitrogens is 2. The molecule has 1 atom stereocenters. The zero-order chi connectivity index (χ0) is 14.0. The molecule has 1 aromatic rings. The minimum atomic E-state index is -3.21. The van der Waals surface area contributed by atoms with Crippen LogP contribution < -0.4 is 15.4 Å². The molecule has 0 saturated carbocycles. The maximum atomic E-state index is 11.9. The second-order valence-electron chi connectivity index (χ2n) is 4.17. The summed E-state index contributed by atoms with van der Waals surface area (Å²) < 4.78 is 29.0. The van der Waals surface area contributed by atoms with Gasteiger partial charge in [0.15, 0.2) is 21.5 Å². The Morgan fingerprint density at radius 1 is 1.53 bits per heavy atom. The molecule has 9 heteroatoms. The van der Waals surface area contributed by atoms with Crippen LogP contribution in [0.5, 0.6) is 5.75 Å². The molecular formula is C10H16N4O3S2. The van der Waals surface area contributed by atoms with Gasteiger partial charge in [-0.2, -0.15) is 11.8 Å². The number of nitrogen functional groups attached to an aromatic ring is 1. The molecule has 0 radical (unpaired) electrons. The SMILES string of the molecule is COc1c(N)ncnc1N1CCSCC1S(C)(=O)=O. The number of hydrogen-bond acceptors (Lipinski definition) is 8. The lowest BCUT2D eigenvalue weighted by molar-refractivity contribution is 0.412. The average Bonchev–Trinajstić information content (AvgIpc) is 2.37. The highest BCUT2D eigenvalue weighted by Gasteiger charge is 2.34.